The second-order valence-corrected chi connectivity index (χ2v) is 8.86. The molecular formula is C19H25BF3NO2. The van der Waals surface area contributed by atoms with Gasteiger partial charge in [0.15, 0.2) is 0 Å². The Morgan fingerprint density at radius 3 is 2.58 bits per heavy atom. The van der Waals surface area contributed by atoms with E-state index in [0.29, 0.717) is 11.8 Å². The highest BCUT2D eigenvalue weighted by atomic mass is 19.4. The lowest BCUT2D eigenvalue weighted by Gasteiger charge is -2.64. The summed E-state index contributed by atoms with van der Waals surface area (Å²) in [6.45, 7) is 6.61. The van der Waals surface area contributed by atoms with E-state index in [9.17, 15) is 13.2 Å². The Morgan fingerprint density at radius 2 is 1.92 bits per heavy atom. The van der Waals surface area contributed by atoms with Gasteiger partial charge in [0.05, 0.1) is 17.3 Å². The van der Waals surface area contributed by atoms with Crippen LogP contribution in [0.5, 0.6) is 0 Å². The van der Waals surface area contributed by atoms with E-state index in [0.717, 1.165) is 18.9 Å². The Kier molecular flexibility index (Phi) is 4.03. The summed E-state index contributed by atoms with van der Waals surface area (Å²) in [6, 6.07) is 5.57. The Morgan fingerprint density at radius 1 is 1.23 bits per heavy atom. The van der Waals surface area contributed by atoms with Gasteiger partial charge in [0.25, 0.3) is 0 Å². The summed E-state index contributed by atoms with van der Waals surface area (Å²) in [5.74, 6) is 0.384. The zero-order valence-corrected chi connectivity index (χ0v) is 15.3. The van der Waals surface area contributed by atoms with Gasteiger partial charge in [-0.1, -0.05) is 32.0 Å². The molecule has 0 radical (unpaired) electrons. The number of rotatable bonds is 3. The topological polar surface area (TPSA) is 44.5 Å². The molecule has 3 saturated carbocycles. The highest BCUT2D eigenvalue weighted by molar-refractivity contribution is 6.47. The van der Waals surface area contributed by atoms with Crippen LogP contribution in [0.2, 0.25) is 0 Å². The molecular weight excluding hydrogens is 342 g/mol. The molecule has 4 fully saturated rings. The predicted octanol–water partition coefficient (Wildman–Crippen LogP) is 3.84. The van der Waals surface area contributed by atoms with Crippen LogP contribution in [0.1, 0.15) is 44.7 Å². The van der Waals surface area contributed by atoms with Crippen LogP contribution in [0.3, 0.4) is 0 Å². The fourth-order valence-corrected chi connectivity index (χ4v) is 5.41. The van der Waals surface area contributed by atoms with Gasteiger partial charge in [0, 0.05) is 5.94 Å². The van der Waals surface area contributed by atoms with Gasteiger partial charge in [-0.15, -0.1) is 0 Å². The lowest BCUT2D eigenvalue weighted by atomic mass is 9.43. The molecule has 142 valence electrons. The first-order valence-corrected chi connectivity index (χ1v) is 9.27. The van der Waals surface area contributed by atoms with Crippen LogP contribution < -0.4 is 5.73 Å². The monoisotopic (exact) mass is 367 g/mol. The average Bonchev–Trinajstić information content (AvgIpc) is 2.91. The van der Waals surface area contributed by atoms with Gasteiger partial charge in [-0.05, 0) is 55.1 Å². The van der Waals surface area contributed by atoms with Gasteiger partial charge in [-0.25, -0.2) is 0 Å². The van der Waals surface area contributed by atoms with Crippen molar-refractivity contribution in [2.75, 3.05) is 0 Å². The summed E-state index contributed by atoms with van der Waals surface area (Å²) < 4.78 is 52.0. The molecule has 1 aromatic rings. The van der Waals surface area contributed by atoms with Crippen molar-refractivity contribution >= 4 is 7.12 Å². The third kappa shape index (κ3) is 2.62. The van der Waals surface area contributed by atoms with Crippen molar-refractivity contribution in [3.63, 3.8) is 0 Å². The fraction of sp³-hybridized carbons (Fsp3) is 0.684. The van der Waals surface area contributed by atoms with Gasteiger partial charge >= 0.3 is 13.3 Å². The van der Waals surface area contributed by atoms with Crippen molar-refractivity contribution in [3.05, 3.63) is 35.4 Å². The maximum Gasteiger partial charge on any atom is 0.475 e. The minimum atomic E-state index is -4.39. The zero-order chi connectivity index (χ0) is 18.9. The smallest absolute Gasteiger partial charge is 0.404 e. The molecule has 0 amide bonds. The Balaban J connectivity index is 1.51. The molecule has 3 nitrogen and oxygen atoms in total. The van der Waals surface area contributed by atoms with Crippen LogP contribution in [0.25, 0.3) is 0 Å². The first-order chi connectivity index (χ1) is 12.0. The molecule has 1 aromatic carbocycles. The van der Waals surface area contributed by atoms with E-state index >= 15 is 0 Å². The second-order valence-electron chi connectivity index (χ2n) is 8.86. The summed E-state index contributed by atoms with van der Waals surface area (Å²) in [5, 5.41) is 0. The normalized spacial score (nSPS) is 36.4. The van der Waals surface area contributed by atoms with Gasteiger partial charge in [0.1, 0.15) is 0 Å². The summed E-state index contributed by atoms with van der Waals surface area (Å²) in [4.78, 5) is 0. The third-order valence-corrected chi connectivity index (χ3v) is 7.10. The Hall–Kier alpha value is -1.05. The van der Waals surface area contributed by atoms with Gasteiger partial charge in [-0.2, -0.15) is 13.2 Å². The molecule has 2 N–H and O–H groups in total. The molecule has 26 heavy (non-hydrogen) atoms. The van der Waals surface area contributed by atoms with Crippen molar-refractivity contribution < 1.29 is 22.5 Å². The number of alkyl halides is 3. The predicted molar refractivity (Wildman–Crippen MR) is 93.2 cm³/mol. The molecule has 7 heteroatoms. The highest BCUT2D eigenvalue weighted by Gasteiger charge is 2.68. The number of hydrogen-bond donors (Lipinski definition) is 1. The minimum Gasteiger partial charge on any atom is -0.404 e. The maximum atomic E-state index is 13.2. The van der Waals surface area contributed by atoms with Gasteiger partial charge in [0.2, 0.25) is 0 Å². The average molecular weight is 367 g/mol. The fourth-order valence-electron chi connectivity index (χ4n) is 5.41. The zero-order valence-electron chi connectivity index (χ0n) is 15.3. The van der Waals surface area contributed by atoms with E-state index in [4.69, 9.17) is 15.0 Å². The number of halogens is 3. The summed E-state index contributed by atoms with van der Waals surface area (Å²) >= 11 is 0. The number of hydrogen-bond acceptors (Lipinski definition) is 3. The molecule has 5 atom stereocenters. The molecule has 0 spiro atoms. The number of nitrogens with two attached hydrogens (primary N) is 1. The van der Waals surface area contributed by atoms with Crippen molar-refractivity contribution in [1.29, 1.82) is 0 Å². The molecule has 1 heterocycles. The molecule has 1 unspecified atom stereocenters. The van der Waals surface area contributed by atoms with E-state index in [-0.39, 0.29) is 23.5 Å². The summed E-state index contributed by atoms with van der Waals surface area (Å²) in [7, 11) is -0.665. The van der Waals surface area contributed by atoms with Crippen molar-refractivity contribution in [2.45, 2.75) is 63.9 Å². The first-order valence-electron chi connectivity index (χ1n) is 9.27. The lowest BCUT2D eigenvalue weighted by Crippen LogP contribution is -2.65. The van der Waals surface area contributed by atoms with Crippen LogP contribution in [0.4, 0.5) is 13.2 Å². The molecule has 3 aliphatic carbocycles. The molecule has 0 aromatic heterocycles. The van der Waals surface area contributed by atoms with Gasteiger partial charge < -0.3 is 15.0 Å². The minimum absolute atomic E-state index is 0.0202. The van der Waals surface area contributed by atoms with Crippen LogP contribution in [-0.2, 0) is 21.9 Å². The molecule has 4 aliphatic rings. The van der Waals surface area contributed by atoms with E-state index < -0.39 is 30.4 Å². The molecule has 2 bridgehead atoms. The molecule has 5 rings (SSSR count). The van der Waals surface area contributed by atoms with Crippen molar-refractivity contribution in [1.82, 2.24) is 0 Å². The standard InChI is InChI=1S/C19H25BF3NO2/c1-17(2)12-9-14(17)18(3)15(10-12)25-20(26-18)16(24)8-11-6-4-5-7-13(11)19(21,22)23/h4-7,12,14-16H,8-10,24H2,1-3H3/t12-,14-,15+,16?,18-/m0/s1. The molecule has 1 aliphatic heterocycles. The van der Waals surface area contributed by atoms with Crippen LogP contribution in [0, 0.1) is 17.3 Å². The third-order valence-electron chi connectivity index (χ3n) is 7.10. The summed E-state index contributed by atoms with van der Waals surface area (Å²) in [6.07, 6.45) is -2.28. The SMILES string of the molecule is CC1(C)[C@@H]2C[C@H]3OB(C(N)Cc4ccccc4C(F)(F)F)O[C@@]3(C)[C@H]1C2. The van der Waals surface area contributed by atoms with Crippen LogP contribution in [0.15, 0.2) is 24.3 Å². The second kappa shape index (κ2) is 5.73. The lowest BCUT2D eigenvalue weighted by molar-refractivity contribution is -0.199. The van der Waals surface area contributed by atoms with Crippen molar-refractivity contribution in [2.24, 2.45) is 23.0 Å². The van der Waals surface area contributed by atoms with E-state index in [1.165, 1.54) is 12.1 Å². The van der Waals surface area contributed by atoms with Crippen LogP contribution >= 0.6 is 0 Å². The van der Waals surface area contributed by atoms with E-state index in [1.807, 2.05) is 0 Å². The van der Waals surface area contributed by atoms with E-state index in [2.05, 4.69) is 20.8 Å². The van der Waals surface area contributed by atoms with Crippen LogP contribution in [-0.4, -0.2) is 24.8 Å². The Bertz CT molecular complexity index is 710. The van der Waals surface area contributed by atoms with Gasteiger partial charge in [-0.3, -0.25) is 0 Å². The van der Waals surface area contributed by atoms with Crippen molar-refractivity contribution in [3.8, 4) is 0 Å². The Labute approximate surface area is 152 Å². The largest absolute Gasteiger partial charge is 0.475 e. The summed E-state index contributed by atoms with van der Waals surface area (Å²) in [5.41, 5.74) is 5.61. The van der Waals surface area contributed by atoms with E-state index in [1.54, 1.807) is 6.07 Å². The maximum absolute atomic E-state index is 13.2. The quantitative estimate of drug-likeness (QED) is 0.826. The number of benzene rings is 1. The molecule has 1 saturated heterocycles. The highest BCUT2D eigenvalue weighted by Crippen LogP contribution is 2.65. The first kappa shape index (κ1) is 18.3.